The van der Waals surface area contributed by atoms with Gasteiger partial charge in [0, 0.05) is 42.7 Å². The van der Waals surface area contributed by atoms with Gasteiger partial charge in [-0.2, -0.15) is 13.2 Å². The molecule has 0 fully saturated rings. The topological polar surface area (TPSA) is 72.4 Å². The van der Waals surface area contributed by atoms with Crippen molar-refractivity contribution in [2.24, 2.45) is 5.73 Å². The lowest BCUT2D eigenvalue weighted by Crippen LogP contribution is -2.49. The fourth-order valence-electron chi connectivity index (χ4n) is 4.07. The number of amides is 1. The summed E-state index contributed by atoms with van der Waals surface area (Å²) in [5.41, 5.74) is 6.00. The largest absolute Gasteiger partial charge is 0.404 e. The molecule has 160 valence electrons. The van der Waals surface area contributed by atoms with E-state index in [1.807, 2.05) is 35.9 Å². The number of hydrogen-bond donors (Lipinski definition) is 2. The molecule has 4 rings (SSSR count). The maximum absolute atomic E-state index is 14.5. The van der Waals surface area contributed by atoms with E-state index in [1.165, 1.54) is 31.3 Å². The molecule has 1 aliphatic carbocycles. The van der Waals surface area contributed by atoms with Crippen LogP contribution in [0.25, 0.3) is 16.9 Å². The van der Waals surface area contributed by atoms with Gasteiger partial charge in [-0.1, -0.05) is 36.4 Å². The van der Waals surface area contributed by atoms with Crippen LogP contribution in [0.15, 0.2) is 72.2 Å². The quantitative estimate of drug-likeness (QED) is 0.662. The van der Waals surface area contributed by atoms with Gasteiger partial charge in [-0.05, 0) is 30.2 Å². The summed E-state index contributed by atoms with van der Waals surface area (Å²) >= 11 is 0. The molecule has 0 saturated carbocycles. The normalized spacial score (nSPS) is 19.1. The van der Waals surface area contributed by atoms with Crippen molar-refractivity contribution in [2.45, 2.75) is 24.9 Å². The zero-order chi connectivity index (χ0) is 22.4. The van der Waals surface area contributed by atoms with Crippen molar-refractivity contribution < 1.29 is 18.0 Å². The number of nitrogens with two attached hydrogens (primary N) is 1. The van der Waals surface area contributed by atoms with Crippen LogP contribution in [-0.2, 0) is 10.2 Å². The van der Waals surface area contributed by atoms with Gasteiger partial charge in [-0.3, -0.25) is 4.79 Å². The van der Waals surface area contributed by atoms with E-state index in [1.54, 1.807) is 12.1 Å². The SMILES string of the molecule is CNC1=CC=C(C(N)=O)CC1(c1ccc(-c2cn3cc(C)ccc3n2)cc1)C(F)(F)F. The molecule has 0 spiro atoms. The van der Waals surface area contributed by atoms with E-state index in [-0.39, 0.29) is 16.8 Å². The number of alkyl halides is 3. The van der Waals surface area contributed by atoms with Gasteiger partial charge in [0.05, 0.1) is 5.69 Å². The second kappa shape index (κ2) is 7.30. The summed E-state index contributed by atoms with van der Waals surface area (Å²) in [7, 11) is 1.43. The first-order chi connectivity index (χ1) is 14.7. The molecule has 31 heavy (non-hydrogen) atoms. The van der Waals surface area contributed by atoms with Crippen molar-refractivity contribution in [3.05, 3.63) is 83.3 Å². The number of hydrogen-bond acceptors (Lipinski definition) is 3. The number of aromatic nitrogens is 2. The molecule has 2 aromatic heterocycles. The maximum Gasteiger partial charge on any atom is 0.404 e. The molecule has 1 aliphatic rings. The summed E-state index contributed by atoms with van der Waals surface area (Å²) in [5, 5.41) is 2.66. The van der Waals surface area contributed by atoms with Crippen molar-refractivity contribution >= 4 is 11.6 Å². The summed E-state index contributed by atoms with van der Waals surface area (Å²) in [5.74, 6) is -0.864. The molecular weight excluding hydrogens is 405 g/mol. The lowest BCUT2D eigenvalue weighted by atomic mass is 9.69. The standard InChI is InChI=1S/C23H21F3N4O/c1-14-3-10-20-29-18(13-30(20)12-14)15-4-7-17(8-5-15)22(23(24,25)26)11-16(21(27)31)6-9-19(22)28-2/h3-10,12-13,28H,11H2,1-2H3,(H2,27,31). The lowest BCUT2D eigenvalue weighted by Gasteiger charge is -2.40. The number of allylic oxidation sites excluding steroid dienone is 3. The number of halogens is 3. The van der Waals surface area contributed by atoms with E-state index in [9.17, 15) is 18.0 Å². The van der Waals surface area contributed by atoms with E-state index in [0.717, 1.165) is 11.2 Å². The third-order valence-electron chi connectivity index (χ3n) is 5.71. The Kier molecular flexibility index (Phi) is 4.88. The number of benzene rings is 1. The van der Waals surface area contributed by atoms with Crippen LogP contribution in [0.5, 0.6) is 0 Å². The number of carbonyl (C=O) groups is 1. The zero-order valence-electron chi connectivity index (χ0n) is 17.0. The Hall–Kier alpha value is -3.55. The first-order valence-corrected chi connectivity index (χ1v) is 9.67. The fourth-order valence-corrected chi connectivity index (χ4v) is 4.07. The summed E-state index contributed by atoms with van der Waals surface area (Å²) in [6, 6.07) is 9.94. The van der Waals surface area contributed by atoms with E-state index in [4.69, 9.17) is 5.73 Å². The monoisotopic (exact) mass is 426 g/mol. The first kappa shape index (κ1) is 20.7. The minimum atomic E-state index is -4.65. The van der Waals surface area contributed by atoms with Crippen LogP contribution >= 0.6 is 0 Å². The van der Waals surface area contributed by atoms with Crippen LogP contribution in [0.1, 0.15) is 17.5 Å². The van der Waals surface area contributed by atoms with Crippen molar-refractivity contribution in [1.82, 2.24) is 14.7 Å². The highest BCUT2D eigenvalue weighted by Crippen LogP contribution is 2.51. The highest BCUT2D eigenvalue weighted by molar-refractivity contribution is 5.93. The molecule has 1 amide bonds. The van der Waals surface area contributed by atoms with Gasteiger partial charge in [0.2, 0.25) is 5.91 Å². The van der Waals surface area contributed by atoms with Crippen LogP contribution in [0.3, 0.4) is 0 Å². The average Bonchev–Trinajstić information content (AvgIpc) is 3.15. The van der Waals surface area contributed by atoms with Crippen LogP contribution in [0, 0.1) is 6.92 Å². The highest BCUT2D eigenvalue weighted by Gasteiger charge is 2.59. The molecule has 0 bridgehead atoms. The number of nitrogens with zero attached hydrogens (tertiary/aromatic N) is 2. The number of rotatable bonds is 4. The highest BCUT2D eigenvalue weighted by atomic mass is 19.4. The van der Waals surface area contributed by atoms with E-state index < -0.39 is 23.9 Å². The first-order valence-electron chi connectivity index (χ1n) is 9.67. The van der Waals surface area contributed by atoms with E-state index >= 15 is 0 Å². The number of aryl methyl sites for hydroxylation is 1. The Morgan fingerprint density at radius 1 is 1.13 bits per heavy atom. The second-order valence-electron chi connectivity index (χ2n) is 7.64. The molecule has 0 saturated heterocycles. The van der Waals surface area contributed by atoms with Gasteiger partial charge in [0.25, 0.3) is 0 Å². The number of nitrogens with one attached hydrogen (secondary N) is 1. The van der Waals surface area contributed by atoms with Crippen molar-refractivity contribution in [2.75, 3.05) is 7.05 Å². The minimum Gasteiger partial charge on any atom is -0.390 e. The minimum absolute atomic E-state index is 0.0239. The van der Waals surface area contributed by atoms with E-state index in [0.29, 0.717) is 11.3 Å². The Bertz CT molecular complexity index is 1220. The zero-order valence-corrected chi connectivity index (χ0v) is 17.0. The average molecular weight is 426 g/mol. The van der Waals surface area contributed by atoms with Crippen molar-refractivity contribution in [3.63, 3.8) is 0 Å². The number of primary amides is 1. The number of fused-ring (bicyclic) bond motifs is 1. The molecule has 8 heteroatoms. The second-order valence-corrected chi connectivity index (χ2v) is 7.64. The number of pyridine rings is 1. The molecule has 3 aromatic rings. The van der Waals surface area contributed by atoms with Gasteiger partial charge >= 0.3 is 6.18 Å². The Morgan fingerprint density at radius 3 is 2.45 bits per heavy atom. The molecule has 2 heterocycles. The number of imidazole rings is 1. The number of likely N-dealkylation sites (N-methyl/N-ethyl adjacent to an activating group) is 1. The molecule has 0 aliphatic heterocycles. The Labute approximate surface area is 177 Å². The summed E-state index contributed by atoms with van der Waals surface area (Å²) < 4.78 is 45.3. The van der Waals surface area contributed by atoms with Gasteiger partial charge in [-0.15, -0.1) is 0 Å². The van der Waals surface area contributed by atoms with Gasteiger partial charge in [-0.25, -0.2) is 4.98 Å². The molecule has 1 unspecified atom stereocenters. The van der Waals surface area contributed by atoms with Gasteiger partial charge < -0.3 is 15.5 Å². The predicted molar refractivity (Wildman–Crippen MR) is 112 cm³/mol. The van der Waals surface area contributed by atoms with E-state index in [2.05, 4.69) is 10.3 Å². The van der Waals surface area contributed by atoms with Crippen molar-refractivity contribution in [1.29, 1.82) is 0 Å². The third-order valence-corrected chi connectivity index (χ3v) is 5.71. The van der Waals surface area contributed by atoms with Crippen LogP contribution < -0.4 is 11.1 Å². The summed E-state index contributed by atoms with van der Waals surface area (Å²) in [6.45, 7) is 1.97. The Morgan fingerprint density at radius 2 is 1.84 bits per heavy atom. The van der Waals surface area contributed by atoms with Crippen molar-refractivity contribution in [3.8, 4) is 11.3 Å². The lowest BCUT2D eigenvalue weighted by molar-refractivity contribution is -0.181. The molecular formula is C23H21F3N4O. The fraction of sp³-hybridized carbons (Fsp3) is 0.217. The maximum atomic E-state index is 14.5. The third kappa shape index (κ3) is 3.37. The molecule has 5 nitrogen and oxygen atoms in total. The summed E-state index contributed by atoms with van der Waals surface area (Å²) in [6.07, 6.45) is 1.16. The molecule has 1 atom stereocenters. The Balaban J connectivity index is 1.80. The van der Waals surface area contributed by atoms with Crippen LogP contribution in [0.4, 0.5) is 13.2 Å². The van der Waals surface area contributed by atoms with Gasteiger partial charge in [0.1, 0.15) is 11.1 Å². The molecule has 1 aromatic carbocycles. The number of carbonyl (C=O) groups excluding carboxylic acids is 1. The van der Waals surface area contributed by atoms with Crippen LogP contribution in [0.2, 0.25) is 0 Å². The predicted octanol–water partition coefficient (Wildman–Crippen LogP) is 4.03. The molecule has 0 radical (unpaired) electrons. The smallest absolute Gasteiger partial charge is 0.390 e. The van der Waals surface area contributed by atoms with Crippen LogP contribution in [-0.4, -0.2) is 28.5 Å². The summed E-state index contributed by atoms with van der Waals surface area (Å²) in [4.78, 5) is 16.2. The molecule has 3 N–H and O–H groups in total. The van der Waals surface area contributed by atoms with Gasteiger partial charge in [0.15, 0.2) is 0 Å².